The van der Waals surface area contributed by atoms with Gasteiger partial charge in [0.2, 0.25) is 5.91 Å². The fourth-order valence-electron chi connectivity index (χ4n) is 1.35. The average Bonchev–Trinajstić information content (AvgIpc) is 2.81. The Morgan fingerprint density at radius 2 is 2.21 bits per heavy atom. The zero-order valence-electron chi connectivity index (χ0n) is 10.9. The van der Waals surface area contributed by atoms with Crippen molar-refractivity contribution in [1.82, 2.24) is 10.6 Å². The Morgan fingerprint density at radius 3 is 2.79 bits per heavy atom. The van der Waals surface area contributed by atoms with E-state index in [0.29, 0.717) is 18.0 Å². The predicted molar refractivity (Wildman–Crippen MR) is 78.4 cm³/mol. The first-order valence-corrected chi connectivity index (χ1v) is 7.48. The molecule has 0 fully saturated rings. The standard InChI is InChI=1S/C12H17BrN2O3S/c1-8(11(16)14-6-3-7-18-2)15-12(17)9-4-5-10(13)19-9/h4-5,8H,3,6-7H2,1-2H3,(H,14,16)(H,15,17)/t8-/m1/s1. The lowest BCUT2D eigenvalue weighted by atomic mass is 10.3. The third-order valence-corrected chi connectivity index (χ3v) is 3.98. The maximum absolute atomic E-state index is 11.8. The zero-order valence-corrected chi connectivity index (χ0v) is 13.3. The van der Waals surface area contributed by atoms with Gasteiger partial charge in [-0.05, 0) is 41.4 Å². The van der Waals surface area contributed by atoms with Crippen LogP contribution in [0.4, 0.5) is 0 Å². The van der Waals surface area contributed by atoms with E-state index in [2.05, 4.69) is 26.6 Å². The molecule has 0 aliphatic heterocycles. The van der Waals surface area contributed by atoms with E-state index in [-0.39, 0.29) is 11.8 Å². The Hall–Kier alpha value is -0.920. The Bertz CT molecular complexity index is 436. The van der Waals surface area contributed by atoms with Crippen molar-refractivity contribution in [2.24, 2.45) is 0 Å². The third kappa shape index (κ3) is 5.71. The highest BCUT2D eigenvalue weighted by Gasteiger charge is 2.17. The molecule has 0 aromatic carbocycles. The SMILES string of the molecule is COCCCNC(=O)[C@@H](C)NC(=O)c1ccc(Br)s1. The summed E-state index contributed by atoms with van der Waals surface area (Å²) in [5, 5.41) is 5.40. The highest BCUT2D eigenvalue weighted by molar-refractivity contribution is 9.11. The van der Waals surface area contributed by atoms with Crippen LogP contribution in [0, 0.1) is 0 Å². The van der Waals surface area contributed by atoms with E-state index < -0.39 is 6.04 Å². The minimum atomic E-state index is -0.559. The summed E-state index contributed by atoms with van der Waals surface area (Å²) in [4.78, 5) is 24.1. The second kappa shape index (κ2) is 8.29. The second-order valence-electron chi connectivity index (χ2n) is 3.94. The first-order chi connectivity index (χ1) is 9.04. The summed E-state index contributed by atoms with van der Waals surface area (Å²) in [6.45, 7) is 2.80. The van der Waals surface area contributed by atoms with Crippen molar-refractivity contribution >= 4 is 39.1 Å². The molecule has 0 radical (unpaired) electrons. The summed E-state index contributed by atoms with van der Waals surface area (Å²) < 4.78 is 5.77. The summed E-state index contributed by atoms with van der Waals surface area (Å²) in [6.07, 6.45) is 0.751. The number of carbonyl (C=O) groups excluding carboxylic acids is 2. The van der Waals surface area contributed by atoms with E-state index in [1.165, 1.54) is 11.3 Å². The van der Waals surface area contributed by atoms with Crippen molar-refractivity contribution in [1.29, 1.82) is 0 Å². The number of hydrogen-bond donors (Lipinski definition) is 2. The summed E-state index contributed by atoms with van der Waals surface area (Å²) in [5.41, 5.74) is 0. The lowest BCUT2D eigenvalue weighted by Crippen LogP contribution is -2.45. The molecule has 0 saturated carbocycles. The van der Waals surface area contributed by atoms with E-state index >= 15 is 0 Å². The van der Waals surface area contributed by atoms with Crippen molar-refractivity contribution in [3.63, 3.8) is 0 Å². The highest BCUT2D eigenvalue weighted by atomic mass is 79.9. The van der Waals surface area contributed by atoms with Crippen LogP contribution < -0.4 is 10.6 Å². The molecule has 0 bridgehead atoms. The van der Waals surface area contributed by atoms with Crippen LogP contribution in [0.1, 0.15) is 23.0 Å². The first kappa shape index (κ1) is 16.1. The number of ether oxygens (including phenoxy) is 1. The van der Waals surface area contributed by atoms with Crippen LogP contribution in [0.3, 0.4) is 0 Å². The van der Waals surface area contributed by atoms with Gasteiger partial charge in [0.05, 0.1) is 8.66 Å². The molecule has 1 aromatic rings. The van der Waals surface area contributed by atoms with Crippen LogP contribution in [-0.2, 0) is 9.53 Å². The molecular weight excluding hydrogens is 332 g/mol. The van der Waals surface area contributed by atoms with Crippen LogP contribution in [0.5, 0.6) is 0 Å². The van der Waals surface area contributed by atoms with Gasteiger partial charge in [0.1, 0.15) is 6.04 Å². The molecule has 1 heterocycles. The summed E-state index contributed by atoms with van der Waals surface area (Å²) in [7, 11) is 1.61. The quantitative estimate of drug-likeness (QED) is 0.738. The normalized spacial score (nSPS) is 11.9. The number of hydrogen-bond acceptors (Lipinski definition) is 4. The Morgan fingerprint density at radius 1 is 1.47 bits per heavy atom. The lowest BCUT2D eigenvalue weighted by Gasteiger charge is -2.13. The number of methoxy groups -OCH3 is 1. The fourth-order valence-corrected chi connectivity index (χ4v) is 2.64. The fraction of sp³-hybridized carbons (Fsp3) is 0.500. The van der Waals surface area contributed by atoms with Gasteiger partial charge in [-0.3, -0.25) is 9.59 Å². The molecule has 2 amide bonds. The number of carbonyl (C=O) groups is 2. The molecule has 7 heteroatoms. The Balaban J connectivity index is 2.35. The summed E-state index contributed by atoms with van der Waals surface area (Å²) >= 11 is 4.62. The summed E-state index contributed by atoms with van der Waals surface area (Å²) in [6, 6.07) is 2.96. The molecule has 1 atom stereocenters. The maximum atomic E-state index is 11.8. The van der Waals surface area contributed by atoms with E-state index in [4.69, 9.17) is 4.74 Å². The maximum Gasteiger partial charge on any atom is 0.262 e. The first-order valence-electron chi connectivity index (χ1n) is 5.87. The van der Waals surface area contributed by atoms with Gasteiger partial charge in [0.25, 0.3) is 5.91 Å². The number of amides is 2. The van der Waals surface area contributed by atoms with Crippen molar-refractivity contribution in [2.45, 2.75) is 19.4 Å². The van der Waals surface area contributed by atoms with Crippen LogP contribution in [0.2, 0.25) is 0 Å². The summed E-state index contributed by atoms with van der Waals surface area (Å²) in [5.74, 6) is -0.435. The van der Waals surface area contributed by atoms with E-state index in [1.807, 2.05) is 0 Å². The molecule has 106 valence electrons. The second-order valence-corrected chi connectivity index (χ2v) is 6.40. The van der Waals surface area contributed by atoms with Gasteiger partial charge in [-0.1, -0.05) is 0 Å². The van der Waals surface area contributed by atoms with Crippen LogP contribution >= 0.6 is 27.3 Å². The molecule has 0 saturated heterocycles. The van der Waals surface area contributed by atoms with Crippen molar-refractivity contribution in [3.05, 3.63) is 20.8 Å². The molecule has 2 N–H and O–H groups in total. The van der Waals surface area contributed by atoms with Crippen LogP contribution in [0.15, 0.2) is 15.9 Å². The smallest absolute Gasteiger partial charge is 0.262 e. The van der Waals surface area contributed by atoms with Crippen molar-refractivity contribution < 1.29 is 14.3 Å². The molecule has 5 nitrogen and oxygen atoms in total. The van der Waals surface area contributed by atoms with E-state index in [1.54, 1.807) is 26.2 Å². The minimum Gasteiger partial charge on any atom is -0.385 e. The molecule has 19 heavy (non-hydrogen) atoms. The molecule has 0 unspecified atom stereocenters. The molecule has 1 aromatic heterocycles. The van der Waals surface area contributed by atoms with Gasteiger partial charge in [-0.15, -0.1) is 11.3 Å². The van der Waals surface area contributed by atoms with Gasteiger partial charge in [-0.2, -0.15) is 0 Å². The monoisotopic (exact) mass is 348 g/mol. The third-order valence-electron chi connectivity index (χ3n) is 2.36. The van der Waals surface area contributed by atoms with Crippen LogP contribution in [0.25, 0.3) is 0 Å². The number of nitrogens with one attached hydrogen (secondary N) is 2. The van der Waals surface area contributed by atoms with Gasteiger partial charge >= 0.3 is 0 Å². The van der Waals surface area contributed by atoms with E-state index in [9.17, 15) is 9.59 Å². The van der Waals surface area contributed by atoms with E-state index in [0.717, 1.165) is 10.2 Å². The number of thiophene rings is 1. The highest BCUT2D eigenvalue weighted by Crippen LogP contribution is 2.21. The lowest BCUT2D eigenvalue weighted by molar-refractivity contribution is -0.122. The van der Waals surface area contributed by atoms with Gasteiger partial charge in [-0.25, -0.2) is 0 Å². The number of halogens is 1. The molecule has 0 aliphatic carbocycles. The van der Waals surface area contributed by atoms with Crippen molar-refractivity contribution in [3.8, 4) is 0 Å². The topological polar surface area (TPSA) is 67.4 Å². The Labute approximate surface area is 124 Å². The predicted octanol–water partition coefficient (Wildman–Crippen LogP) is 1.78. The van der Waals surface area contributed by atoms with Crippen LogP contribution in [-0.4, -0.2) is 38.1 Å². The largest absolute Gasteiger partial charge is 0.385 e. The molecule has 0 spiro atoms. The Kier molecular flexibility index (Phi) is 7.04. The van der Waals surface area contributed by atoms with Gasteiger partial charge < -0.3 is 15.4 Å². The molecule has 0 aliphatic rings. The molecule has 1 rings (SSSR count). The average molecular weight is 349 g/mol. The molecular formula is C12H17BrN2O3S. The van der Waals surface area contributed by atoms with Gasteiger partial charge in [0, 0.05) is 20.3 Å². The minimum absolute atomic E-state index is 0.194. The van der Waals surface area contributed by atoms with Crippen molar-refractivity contribution in [2.75, 3.05) is 20.3 Å². The number of rotatable bonds is 7. The van der Waals surface area contributed by atoms with Gasteiger partial charge in [0.15, 0.2) is 0 Å². The zero-order chi connectivity index (χ0) is 14.3.